The zero-order valence-corrected chi connectivity index (χ0v) is 23.5. The lowest BCUT2D eigenvalue weighted by Gasteiger charge is -2.33. The average Bonchev–Trinajstić information content (AvgIpc) is 2.82. The van der Waals surface area contributed by atoms with Crippen molar-refractivity contribution in [1.82, 2.24) is 10.2 Å². The molecule has 2 aromatic rings. The molecular formula is C25H33Cl2N3O5S. The summed E-state index contributed by atoms with van der Waals surface area (Å²) in [5.41, 5.74) is 0.882. The van der Waals surface area contributed by atoms with E-state index in [-0.39, 0.29) is 18.5 Å². The number of sulfonamides is 1. The minimum absolute atomic E-state index is 0.00147. The molecule has 198 valence electrons. The molecule has 0 fully saturated rings. The number of carbonyl (C=O) groups is 2. The largest absolute Gasteiger partial charge is 0.497 e. The normalized spacial score (nSPS) is 13.0. The Hall–Kier alpha value is -2.49. The molecule has 1 N–H and O–H groups in total. The van der Waals surface area contributed by atoms with Crippen molar-refractivity contribution in [1.29, 1.82) is 0 Å². The van der Waals surface area contributed by atoms with Gasteiger partial charge in [0.2, 0.25) is 21.8 Å². The van der Waals surface area contributed by atoms with E-state index in [0.717, 1.165) is 17.0 Å². The smallest absolute Gasteiger partial charge is 0.244 e. The summed E-state index contributed by atoms with van der Waals surface area (Å²) in [6.07, 6.45) is 2.07. The van der Waals surface area contributed by atoms with Crippen molar-refractivity contribution >= 4 is 50.7 Å². The first kappa shape index (κ1) is 29.7. The standard InChI is InChI=1S/C25H33Cl2N3O5S/c1-6-17(3)28-25(32)23(7-2)29(15-18-8-9-19(26)14-22(18)27)24(31)16-30(36(5,33)34)20-10-12-21(35-4)13-11-20/h8-14,17,23H,6-7,15-16H2,1-5H3,(H,28,32)/t17-,23-/m0/s1. The van der Waals surface area contributed by atoms with E-state index in [2.05, 4.69) is 5.32 Å². The molecule has 2 amide bonds. The fourth-order valence-corrected chi connectivity index (χ4v) is 4.87. The monoisotopic (exact) mass is 557 g/mol. The number of anilines is 1. The Balaban J connectivity index is 2.46. The van der Waals surface area contributed by atoms with Gasteiger partial charge in [-0.25, -0.2) is 8.42 Å². The highest BCUT2D eigenvalue weighted by Crippen LogP contribution is 2.25. The number of hydrogen-bond donors (Lipinski definition) is 1. The first-order valence-corrected chi connectivity index (χ1v) is 14.2. The number of methoxy groups -OCH3 is 1. The second-order valence-electron chi connectivity index (χ2n) is 8.47. The molecule has 0 unspecified atom stereocenters. The van der Waals surface area contributed by atoms with Gasteiger partial charge in [0, 0.05) is 22.6 Å². The van der Waals surface area contributed by atoms with E-state index in [9.17, 15) is 18.0 Å². The van der Waals surface area contributed by atoms with Gasteiger partial charge in [0.05, 0.1) is 19.1 Å². The van der Waals surface area contributed by atoms with Gasteiger partial charge in [0.1, 0.15) is 18.3 Å². The van der Waals surface area contributed by atoms with E-state index in [1.165, 1.54) is 12.0 Å². The quantitative estimate of drug-likeness (QED) is 0.414. The molecule has 0 saturated heterocycles. The number of nitrogens with one attached hydrogen (secondary N) is 1. The Labute approximate surface area is 223 Å². The summed E-state index contributed by atoms with van der Waals surface area (Å²) in [6, 6.07) is 10.3. The van der Waals surface area contributed by atoms with E-state index in [1.54, 1.807) is 49.4 Å². The van der Waals surface area contributed by atoms with E-state index in [1.807, 2.05) is 13.8 Å². The lowest BCUT2D eigenvalue weighted by Crippen LogP contribution is -2.53. The van der Waals surface area contributed by atoms with E-state index in [4.69, 9.17) is 27.9 Å². The van der Waals surface area contributed by atoms with Crippen LogP contribution < -0.4 is 14.4 Å². The first-order chi connectivity index (χ1) is 16.9. The maximum Gasteiger partial charge on any atom is 0.244 e. The van der Waals surface area contributed by atoms with Crippen molar-refractivity contribution < 1.29 is 22.7 Å². The third kappa shape index (κ3) is 8.01. The number of hydrogen-bond acceptors (Lipinski definition) is 5. The second-order valence-corrected chi connectivity index (χ2v) is 11.2. The fourth-order valence-electron chi connectivity index (χ4n) is 3.56. The molecule has 0 spiro atoms. The number of nitrogens with zero attached hydrogens (tertiary/aromatic N) is 2. The summed E-state index contributed by atoms with van der Waals surface area (Å²) >= 11 is 12.4. The van der Waals surface area contributed by atoms with Gasteiger partial charge in [-0.3, -0.25) is 13.9 Å². The van der Waals surface area contributed by atoms with Crippen LogP contribution in [0.4, 0.5) is 5.69 Å². The molecule has 0 aromatic heterocycles. The molecular weight excluding hydrogens is 525 g/mol. The number of ether oxygens (including phenoxy) is 1. The molecule has 0 radical (unpaired) electrons. The van der Waals surface area contributed by atoms with Crippen LogP contribution in [0.5, 0.6) is 5.75 Å². The number of rotatable bonds is 12. The van der Waals surface area contributed by atoms with E-state index < -0.39 is 28.5 Å². The maximum atomic E-state index is 13.7. The third-order valence-electron chi connectivity index (χ3n) is 5.78. The van der Waals surface area contributed by atoms with Crippen LogP contribution in [0, 0.1) is 0 Å². The van der Waals surface area contributed by atoms with E-state index in [0.29, 0.717) is 33.5 Å². The van der Waals surface area contributed by atoms with Crippen LogP contribution in [-0.2, 0) is 26.2 Å². The van der Waals surface area contributed by atoms with Gasteiger partial charge < -0.3 is 15.0 Å². The van der Waals surface area contributed by atoms with Crippen LogP contribution in [0.15, 0.2) is 42.5 Å². The molecule has 8 nitrogen and oxygen atoms in total. The number of halogens is 2. The Morgan fingerprint density at radius 2 is 1.69 bits per heavy atom. The lowest BCUT2D eigenvalue weighted by molar-refractivity contribution is -0.140. The van der Waals surface area contributed by atoms with Gasteiger partial charge in [-0.1, -0.05) is 43.1 Å². The Kier molecular flexibility index (Phi) is 10.9. The average molecular weight is 559 g/mol. The molecule has 0 aliphatic heterocycles. The maximum absolute atomic E-state index is 13.7. The van der Waals surface area contributed by atoms with Gasteiger partial charge >= 0.3 is 0 Å². The topological polar surface area (TPSA) is 96.0 Å². The molecule has 0 aliphatic rings. The summed E-state index contributed by atoms with van der Waals surface area (Å²) in [4.78, 5) is 28.2. The Morgan fingerprint density at radius 1 is 1.06 bits per heavy atom. The molecule has 0 heterocycles. The van der Waals surface area contributed by atoms with Crippen LogP contribution in [0.1, 0.15) is 39.2 Å². The Bertz CT molecular complexity index is 1160. The predicted molar refractivity (Wildman–Crippen MR) is 144 cm³/mol. The van der Waals surface area contributed by atoms with Gasteiger partial charge in [0.25, 0.3) is 0 Å². The van der Waals surface area contributed by atoms with Crippen molar-refractivity contribution in [2.24, 2.45) is 0 Å². The van der Waals surface area contributed by atoms with Crippen molar-refractivity contribution in [3.05, 3.63) is 58.1 Å². The van der Waals surface area contributed by atoms with Gasteiger partial charge in [0.15, 0.2) is 0 Å². The lowest BCUT2D eigenvalue weighted by atomic mass is 10.1. The summed E-state index contributed by atoms with van der Waals surface area (Å²) in [7, 11) is -2.33. The van der Waals surface area contributed by atoms with Crippen LogP contribution in [0.25, 0.3) is 0 Å². The van der Waals surface area contributed by atoms with E-state index >= 15 is 0 Å². The minimum atomic E-state index is -3.83. The van der Waals surface area contributed by atoms with Crippen LogP contribution >= 0.6 is 23.2 Å². The molecule has 11 heteroatoms. The molecule has 2 rings (SSSR count). The first-order valence-electron chi connectivity index (χ1n) is 11.6. The number of amides is 2. The predicted octanol–water partition coefficient (Wildman–Crippen LogP) is 4.49. The minimum Gasteiger partial charge on any atom is -0.497 e. The molecule has 0 saturated carbocycles. The molecule has 2 aromatic carbocycles. The molecule has 0 aliphatic carbocycles. The molecule has 36 heavy (non-hydrogen) atoms. The van der Waals surface area contributed by atoms with Gasteiger partial charge in [-0.05, 0) is 61.7 Å². The summed E-state index contributed by atoms with van der Waals surface area (Å²) in [6.45, 7) is 5.12. The summed E-state index contributed by atoms with van der Waals surface area (Å²) in [5, 5.41) is 3.70. The summed E-state index contributed by atoms with van der Waals surface area (Å²) in [5.74, 6) is -0.320. The molecule has 0 bridgehead atoms. The van der Waals surface area contributed by atoms with Crippen molar-refractivity contribution in [3.63, 3.8) is 0 Å². The van der Waals surface area contributed by atoms with Crippen LogP contribution in [0.3, 0.4) is 0 Å². The highest BCUT2D eigenvalue weighted by atomic mass is 35.5. The zero-order chi connectivity index (χ0) is 27.0. The number of benzene rings is 2. The van der Waals surface area contributed by atoms with Crippen molar-refractivity contribution in [2.45, 2.75) is 52.2 Å². The van der Waals surface area contributed by atoms with Gasteiger partial charge in [-0.2, -0.15) is 0 Å². The fraction of sp³-hybridized carbons (Fsp3) is 0.440. The van der Waals surface area contributed by atoms with Gasteiger partial charge in [-0.15, -0.1) is 0 Å². The zero-order valence-electron chi connectivity index (χ0n) is 21.1. The van der Waals surface area contributed by atoms with Crippen LogP contribution in [0.2, 0.25) is 10.0 Å². The van der Waals surface area contributed by atoms with Crippen molar-refractivity contribution in [3.8, 4) is 5.75 Å². The van der Waals surface area contributed by atoms with Crippen molar-refractivity contribution in [2.75, 3.05) is 24.2 Å². The molecule has 2 atom stereocenters. The highest BCUT2D eigenvalue weighted by molar-refractivity contribution is 7.92. The SMILES string of the molecule is CC[C@H](C)NC(=O)[C@H](CC)N(Cc1ccc(Cl)cc1Cl)C(=O)CN(c1ccc(OC)cc1)S(C)(=O)=O. The summed E-state index contributed by atoms with van der Waals surface area (Å²) < 4.78 is 31.5. The Morgan fingerprint density at radius 3 is 2.19 bits per heavy atom. The second kappa shape index (κ2) is 13.2. The third-order valence-corrected chi connectivity index (χ3v) is 7.51. The van der Waals surface area contributed by atoms with Crippen LogP contribution in [-0.4, -0.2) is 57.1 Å². The number of carbonyl (C=O) groups excluding carboxylic acids is 2. The highest BCUT2D eigenvalue weighted by Gasteiger charge is 2.32.